The van der Waals surface area contributed by atoms with Crippen molar-refractivity contribution in [2.75, 3.05) is 6.54 Å². The number of hydrogen-bond donors (Lipinski definition) is 1. The van der Waals surface area contributed by atoms with Gasteiger partial charge in [0.1, 0.15) is 0 Å². The average molecular weight is 197 g/mol. The lowest BCUT2D eigenvalue weighted by Gasteiger charge is -2.40. The van der Waals surface area contributed by atoms with Crippen LogP contribution in [0.1, 0.15) is 46.0 Å². The van der Waals surface area contributed by atoms with E-state index in [2.05, 4.69) is 13.8 Å². The molecular formula is C12H23NO. The smallest absolute Gasteiger partial charge is 0.0705 e. The summed E-state index contributed by atoms with van der Waals surface area (Å²) in [4.78, 5) is 0. The zero-order valence-corrected chi connectivity index (χ0v) is 9.46. The van der Waals surface area contributed by atoms with E-state index in [9.17, 15) is 0 Å². The van der Waals surface area contributed by atoms with Crippen LogP contribution in [0, 0.1) is 11.8 Å². The Kier molecular flexibility index (Phi) is 2.85. The molecule has 0 bridgehead atoms. The van der Waals surface area contributed by atoms with E-state index >= 15 is 0 Å². The van der Waals surface area contributed by atoms with Gasteiger partial charge in [-0.15, -0.1) is 0 Å². The van der Waals surface area contributed by atoms with Crippen molar-refractivity contribution in [1.29, 1.82) is 0 Å². The summed E-state index contributed by atoms with van der Waals surface area (Å²) in [7, 11) is 0. The number of rotatable bonds is 1. The van der Waals surface area contributed by atoms with Gasteiger partial charge in [-0.1, -0.05) is 13.8 Å². The van der Waals surface area contributed by atoms with Gasteiger partial charge in [-0.3, -0.25) is 0 Å². The van der Waals surface area contributed by atoms with Gasteiger partial charge < -0.3 is 10.5 Å². The van der Waals surface area contributed by atoms with Crippen LogP contribution in [0.4, 0.5) is 0 Å². The van der Waals surface area contributed by atoms with Gasteiger partial charge in [0, 0.05) is 6.54 Å². The van der Waals surface area contributed by atoms with E-state index < -0.39 is 0 Å². The first kappa shape index (κ1) is 10.4. The summed E-state index contributed by atoms with van der Waals surface area (Å²) in [5, 5.41) is 0. The molecule has 1 saturated heterocycles. The third kappa shape index (κ3) is 1.82. The molecule has 0 amide bonds. The third-order valence-electron chi connectivity index (χ3n) is 4.32. The molecule has 0 aromatic rings. The fraction of sp³-hybridized carbons (Fsp3) is 1.00. The SMILES string of the molecule is CC1CCC2(CCC(CN)O2)CC1C. The maximum absolute atomic E-state index is 6.13. The third-order valence-corrected chi connectivity index (χ3v) is 4.32. The van der Waals surface area contributed by atoms with Crippen LogP contribution < -0.4 is 5.73 Å². The summed E-state index contributed by atoms with van der Waals surface area (Å²) in [5.74, 6) is 1.70. The van der Waals surface area contributed by atoms with E-state index in [-0.39, 0.29) is 5.60 Å². The molecule has 82 valence electrons. The van der Waals surface area contributed by atoms with Crippen LogP contribution in [-0.2, 0) is 4.74 Å². The molecule has 2 aliphatic rings. The molecule has 1 heterocycles. The first-order valence-corrected chi connectivity index (χ1v) is 6.03. The minimum atomic E-state index is 0.218. The van der Waals surface area contributed by atoms with Crippen LogP contribution in [-0.4, -0.2) is 18.2 Å². The van der Waals surface area contributed by atoms with Crippen LogP contribution in [0.25, 0.3) is 0 Å². The fourth-order valence-electron chi connectivity index (χ4n) is 3.06. The summed E-state index contributed by atoms with van der Waals surface area (Å²) in [6.45, 7) is 5.43. The van der Waals surface area contributed by atoms with Gasteiger partial charge >= 0.3 is 0 Å². The van der Waals surface area contributed by atoms with Crippen LogP contribution in [0.3, 0.4) is 0 Å². The summed E-state index contributed by atoms with van der Waals surface area (Å²) in [6.07, 6.45) is 6.61. The summed E-state index contributed by atoms with van der Waals surface area (Å²) in [5.41, 5.74) is 5.88. The van der Waals surface area contributed by atoms with Crippen molar-refractivity contribution in [2.45, 2.75) is 57.7 Å². The number of nitrogens with two attached hydrogens (primary N) is 1. The van der Waals surface area contributed by atoms with Crippen molar-refractivity contribution >= 4 is 0 Å². The molecule has 4 atom stereocenters. The maximum Gasteiger partial charge on any atom is 0.0705 e. The molecule has 1 spiro atoms. The Morgan fingerprint density at radius 2 is 1.93 bits per heavy atom. The lowest BCUT2D eigenvalue weighted by molar-refractivity contribution is -0.0802. The highest BCUT2D eigenvalue weighted by Gasteiger charge is 2.43. The van der Waals surface area contributed by atoms with Gasteiger partial charge in [0.25, 0.3) is 0 Å². The summed E-state index contributed by atoms with van der Waals surface area (Å²) < 4.78 is 6.13. The predicted octanol–water partition coefficient (Wildman–Crippen LogP) is 2.32. The van der Waals surface area contributed by atoms with Gasteiger partial charge in [0.2, 0.25) is 0 Å². The molecule has 2 nitrogen and oxygen atoms in total. The van der Waals surface area contributed by atoms with Crippen LogP contribution in [0.15, 0.2) is 0 Å². The van der Waals surface area contributed by atoms with Crippen molar-refractivity contribution in [2.24, 2.45) is 17.6 Å². The normalized spacial score (nSPS) is 48.6. The van der Waals surface area contributed by atoms with Crippen LogP contribution in [0.5, 0.6) is 0 Å². The molecule has 1 aliphatic heterocycles. The Morgan fingerprint density at radius 1 is 1.21 bits per heavy atom. The zero-order chi connectivity index (χ0) is 10.2. The molecule has 0 aromatic heterocycles. The molecule has 1 aliphatic carbocycles. The van der Waals surface area contributed by atoms with E-state index in [1.807, 2.05) is 0 Å². The first-order valence-electron chi connectivity index (χ1n) is 6.03. The molecule has 2 rings (SSSR count). The van der Waals surface area contributed by atoms with Crippen LogP contribution in [0.2, 0.25) is 0 Å². The van der Waals surface area contributed by atoms with Crippen molar-refractivity contribution in [3.8, 4) is 0 Å². The largest absolute Gasteiger partial charge is 0.370 e. The van der Waals surface area contributed by atoms with Gasteiger partial charge in [-0.25, -0.2) is 0 Å². The Bertz CT molecular complexity index is 206. The first-order chi connectivity index (χ1) is 6.65. The average Bonchev–Trinajstić information content (AvgIpc) is 2.56. The minimum Gasteiger partial charge on any atom is -0.370 e. The molecule has 2 fully saturated rings. The highest BCUT2D eigenvalue weighted by atomic mass is 16.5. The molecule has 1 saturated carbocycles. The molecular weight excluding hydrogens is 174 g/mol. The van der Waals surface area contributed by atoms with Crippen LogP contribution >= 0.6 is 0 Å². The van der Waals surface area contributed by atoms with Gasteiger partial charge in [-0.2, -0.15) is 0 Å². The van der Waals surface area contributed by atoms with Gasteiger partial charge in [0.05, 0.1) is 11.7 Å². The lowest BCUT2D eigenvalue weighted by Crippen LogP contribution is -2.38. The minimum absolute atomic E-state index is 0.218. The second-order valence-electron chi connectivity index (χ2n) is 5.39. The summed E-state index contributed by atoms with van der Waals surface area (Å²) in [6, 6.07) is 0. The molecule has 0 aromatic carbocycles. The Hall–Kier alpha value is -0.0800. The second kappa shape index (κ2) is 3.82. The molecule has 2 heteroatoms. The van der Waals surface area contributed by atoms with Crippen molar-refractivity contribution in [1.82, 2.24) is 0 Å². The fourth-order valence-corrected chi connectivity index (χ4v) is 3.06. The van der Waals surface area contributed by atoms with Gasteiger partial charge in [0.15, 0.2) is 0 Å². The highest BCUT2D eigenvalue weighted by Crippen LogP contribution is 2.45. The molecule has 4 unspecified atom stereocenters. The molecule has 0 radical (unpaired) electrons. The Labute approximate surface area is 87.2 Å². The second-order valence-corrected chi connectivity index (χ2v) is 5.39. The molecule has 2 N–H and O–H groups in total. The van der Waals surface area contributed by atoms with E-state index in [0.717, 1.165) is 11.8 Å². The van der Waals surface area contributed by atoms with E-state index in [0.29, 0.717) is 12.6 Å². The Balaban J connectivity index is 1.98. The predicted molar refractivity (Wildman–Crippen MR) is 58.1 cm³/mol. The zero-order valence-electron chi connectivity index (χ0n) is 9.46. The monoisotopic (exact) mass is 197 g/mol. The standard InChI is InChI=1S/C12H23NO/c1-9-3-5-12(7-10(9)2)6-4-11(8-13)14-12/h9-11H,3-8,13H2,1-2H3. The maximum atomic E-state index is 6.13. The van der Waals surface area contributed by atoms with E-state index in [1.165, 1.54) is 32.1 Å². The number of hydrogen-bond acceptors (Lipinski definition) is 2. The van der Waals surface area contributed by atoms with Crippen molar-refractivity contribution < 1.29 is 4.74 Å². The van der Waals surface area contributed by atoms with Crippen molar-refractivity contribution in [3.05, 3.63) is 0 Å². The van der Waals surface area contributed by atoms with E-state index in [4.69, 9.17) is 10.5 Å². The Morgan fingerprint density at radius 3 is 2.50 bits per heavy atom. The quantitative estimate of drug-likeness (QED) is 0.700. The lowest BCUT2D eigenvalue weighted by atomic mass is 9.72. The van der Waals surface area contributed by atoms with E-state index in [1.54, 1.807) is 0 Å². The molecule has 14 heavy (non-hydrogen) atoms. The van der Waals surface area contributed by atoms with Crippen molar-refractivity contribution in [3.63, 3.8) is 0 Å². The topological polar surface area (TPSA) is 35.2 Å². The van der Waals surface area contributed by atoms with Gasteiger partial charge in [-0.05, 0) is 43.9 Å². The summed E-state index contributed by atoms with van der Waals surface area (Å²) >= 11 is 0. The highest BCUT2D eigenvalue weighted by molar-refractivity contribution is 4.94. The number of ether oxygens (including phenoxy) is 1.